The molecule has 0 atom stereocenters. The zero-order valence-corrected chi connectivity index (χ0v) is 13.8. The predicted octanol–water partition coefficient (Wildman–Crippen LogP) is 4.23. The summed E-state index contributed by atoms with van der Waals surface area (Å²) in [5.41, 5.74) is 3.80. The predicted molar refractivity (Wildman–Crippen MR) is 92.5 cm³/mol. The smallest absolute Gasteiger partial charge is 0.231 e. The van der Waals surface area contributed by atoms with Crippen molar-refractivity contribution in [2.75, 3.05) is 0 Å². The highest BCUT2D eigenvalue weighted by molar-refractivity contribution is 5.80. The first-order valence-corrected chi connectivity index (χ1v) is 8.25. The molecule has 5 nitrogen and oxygen atoms in total. The van der Waals surface area contributed by atoms with Crippen LogP contribution in [0.15, 0.2) is 53.3 Å². The van der Waals surface area contributed by atoms with E-state index in [1.807, 2.05) is 24.5 Å². The van der Waals surface area contributed by atoms with Crippen LogP contribution in [0.25, 0.3) is 22.4 Å². The largest absolute Gasteiger partial charge is 0.339 e. The Labute approximate surface area is 144 Å². The summed E-state index contributed by atoms with van der Waals surface area (Å²) in [6, 6.07) is 12.2. The summed E-state index contributed by atoms with van der Waals surface area (Å²) in [7, 11) is 0. The second-order valence-electron chi connectivity index (χ2n) is 5.96. The molecule has 0 N–H and O–H groups in total. The second-order valence-corrected chi connectivity index (χ2v) is 5.96. The topological polar surface area (TPSA) is 56.7 Å². The normalized spacial score (nSPS) is 11.3. The van der Waals surface area contributed by atoms with Gasteiger partial charge >= 0.3 is 0 Å². The van der Waals surface area contributed by atoms with Crippen LogP contribution in [0.5, 0.6) is 0 Å². The summed E-state index contributed by atoms with van der Waals surface area (Å²) in [6.07, 6.45) is 3.39. The molecule has 126 valence electrons. The molecule has 4 aromatic rings. The number of benzene rings is 2. The zero-order chi connectivity index (χ0) is 17.2. The lowest BCUT2D eigenvalue weighted by atomic mass is 10.1. The molecule has 0 unspecified atom stereocenters. The van der Waals surface area contributed by atoms with E-state index < -0.39 is 0 Å². The molecule has 2 aromatic heterocycles. The molecule has 0 radical (unpaired) electrons. The van der Waals surface area contributed by atoms with E-state index in [-0.39, 0.29) is 5.82 Å². The number of hydrogen-bond donors (Lipinski definition) is 0. The Morgan fingerprint density at radius 1 is 1.12 bits per heavy atom. The van der Waals surface area contributed by atoms with Crippen molar-refractivity contribution < 1.29 is 8.91 Å². The fourth-order valence-corrected chi connectivity index (χ4v) is 2.84. The molecular formula is C19H17FN4O. The van der Waals surface area contributed by atoms with Crippen molar-refractivity contribution in [1.82, 2.24) is 19.7 Å². The molecule has 0 aliphatic rings. The Morgan fingerprint density at radius 2 is 1.96 bits per heavy atom. The van der Waals surface area contributed by atoms with Crippen molar-refractivity contribution in [1.29, 1.82) is 0 Å². The lowest BCUT2D eigenvalue weighted by Gasteiger charge is -2.01. The fraction of sp³-hybridized carbons (Fsp3) is 0.211. The molecule has 2 aromatic carbocycles. The van der Waals surface area contributed by atoms with Crippen molar-refractivity contribution in [3.63, 3.8) is 0 Å². The average molecular weight is 336 g/mol. The van der Waals surface area contributed by atoms with Crippen LogP contribution in [-0.2, 0) is 13.0 Å². The Kier molecular flexibility index (Phi) is 4.01. The third kappa shape index (κ3) is 3.15. The summed E-state index contributed by atoms with van der Waals surface area (Å²) in [5, 5.41) is 4.06. The molecule has 0 saturated carbocycles. The Morgan fingerprint density at radius 3 is 2.76 bits per heavy atom. The minimum Gasteiger partial charge on any atom is -0.339 e. The summed E-state index contributed by atoms with van der Waals surface area (Å²) in [4.78, 5) is 8.89. The van der Waals surface area contributed by atoms with E-state index in [2.05, 4.69) is 26.6 Å². The molecule has 0 aliphatic carbocycles. The van der Waals surface area contributed by atoms with Gasteiger partial charge in [-0.15, -0.1) is 0 Å². The van der Waals surface area contributed by atoms with Gasteiger partial charge in [-0.2, -0.15) is 4.98 Å². The summed E-state index contributed by atoms with van der Waals surface area (Å²) < 4.78 is 20.4. The lowest BCUT2D eigenvalue weighted by Crippen LogP contribution is -1.93. The maximum atomic E-state index is 13.0. The third-order valence-electron chi connectivity index (χ3n) is 4.08. The highest BCUT2D eigenvalue weighted by atomic mass is 19.1. The molecule has 6 heteroatoms. The van der Waals surface area contributed by atoms with Gasteiger partial charge < -0.3 is 9.09 Å². The number of rotatable bonds is 5. The first-order valence-electron chi connectivity index (χ1n) is 8.25. The lowest BCUT2D eigenvalue weighted by molar-refractivity contribution is 0.385. The number of aromatic nitrogens is 4. The van der Waals surface area contributed by atoms with Crippen molar-refractivity contribution >= 4 is 11.0 Å². The Bertz CT molecular complexity index is 1000. The highest BCUT2D eigenvalue weighted by Gasteiger charge is 2.11. The van der Waals surface area contributed by atoms with E-state index in [0.717, 1.165) is 35.1 Å². The molecule has 25 heavy (non-hydrogen) atoms. The van der Waals surface area contributed by atoms with E-state index >= 15 is 0 Å². The van der Waals surface area contributed by atoms with Crippen molar-refractivity contribution in [3.8, 4) is 11.4 Å². The van der Waals surface area contributed by atoms with E-state index in [0.29, 0.717) is 18.1 Å². The van der Waals surface area contributed by atoms with E-state index in [4.69, 9.17) is 4.52 Å². The molecule has 2 heterocycles. The summed E-state index contributed by atoms with van der Waals surface area (Å²) in [5.74, 6) is 0.771. The minimum absolute atomic E-state index is 0.259. The summed E-state index contributed by atoms with van der Waals surface area (Å²) >= 11 is 0. The fourth-order valence-electron chi connectivity index (χ4n) is 2.84. The van der Waals surface area contributed by atoms with Gasteiger partial charge in [-0.1, -0.05) is 24.2 Å². The maximum absolute atomic E-state index is 13.0. The standard InChI is InChI=1S/C19H17FN4O/c1-2-9-24-12-21-16-11-14(5-8-17(16)24)19-22-18(25-23-19)10-13-3-6-15(20)7-4-13/h3-8,11-12H,2,9-10H2,1H3. The number of fused-ring (bicyclic) bond motifs is 1. The molecule has 0 fully saturated rings. The van der Waals surface area contributed by atoms with Crippen LogP contribution in [0.2, 0.25) is 0 Å². The van der Waals surface area contributed by atoms with Crippen LogP contribution >= 0.6 is 0 Å². The van der Waals surface area contributed by atoms with Gasteiger partial charge in [0.2, 0.25) is 11.7 Å². The van der Waals surface area contributed by atoms with Gasteiger partial charge in [0.05, 0.1) is 23.8 Å². The van der Waals surface area contributed by atoms with Gasteiger partial charge in [-0.05, 0) is 42.3 Å². The van der Waals surface area contributed by atoms with E-state index in [1.54, 1.807) is 12.1 Å². The second kappa shape index (κ2) is 6.47. The zero-order valence-electron chi connectivity index (χ0n) is 13.8. The number of nitrogens with zero attached hydrogens (tertiary/aromatic N) is 4. The third-order valence-corrected chi connectivity index (χ3v) is 4.08. The minimum atomic E-state index is -0.259. The number of hydrogen-bond acceptors (Lipinski definition) is 4. The van der Waals surface area contributed by atoms with Gasteiger partial charge in [0, 0.05) is 12.1 Å². The van der Waals surface area contributed by atoms with Crippen LogP contribution in [-0.4, -0.2) is 19.7 Å². The monoisotopic (exact) mass is 336 g/mol. The molecular weight excluding hydrogens is 319 g/mol. The van der Waals surface area contributed by atoms with Gasteiger partial charge in [0.25, 0.3) is 0 Å². The van der Waals surface area contributed by atoms with Crippen LogP contribution < -0.4 is 0 Å². The molecule has 0 aliphatic heterocycles. The van der Waals surface area contributed by atoms with Gasteiger partial charge in [-0.25, -0.2) is 9.37 Å². The summed E-state index contributed by atoms with van der Waals surface area (Å²) in [6.45, 7) is 3.09. The van der Waals surface area contributed by atoms with Gasteiger partial charge in [0.1, 0.15) is 5.82 Å². The van der Waals surface area contributed by atoms with Crippen molar-refractivity contribution in [2.24, 2.45) is 0 Å². The molecule has 0 amide bonds. The van der Waals surface area contributed by atoms with Crippen LogP contribution in [0, 0.1) is 5.82 Å². The van der Waals surface area contributed by atoms with Crippen LogP contribution in [0.3, 0.4) is 0 Å². The number of halogens is 1. The quantitative estimate of drug-likeness (QED) is 0.547. The molecule has 0 bridgehead atoms. The van der Waals surface area contributed by atoms with Gasteiger partial charge in [0.15, 0.2) is 0 Å². The number of aryl methyl sites for hydroxylation is 1. The molecule has 4 rings (SSSR count). The number of imidazole rings is 1. The van der Waals surface area contributed by atoms with E-state index in [9.17, 15) is 4.39 Å². The Balaban J connectivity index is 1.59. The van der Waals surface area contributed by atoms with Crippen molar-refractivity contribution in [2.45, 2.75) is 26.3 Å². The molecule has 0 spiro atoms. The van der Waals surface area contributed by atoms with Gasteiger partial charge in [-0.3, -0.25) is 0 Å². The average Bonchev–Trinajstić information content (AvgIpc) is 3.24. The van der Waals surface area contributed by atoms with Crippen molar-refractivity contribution in [3.05, 3.63) is 66.1 Å². The van der Waals surface area contributed by atoms with Crippen LogP contribution in [0.4, 0.5) is 4.39 Å². The SMILES string of the molecule is CCCn1cnc2cc(-c3noc(Cc4ccc(F)cc4)n3)ccc21. The maximum Gasteiger partial charge on any atom is 0.231 e. The van der Waals surface area contributed by atoms with Crippen LogP contribution in [0.1, 0.15) is 24.8 Å². The van der Waals surface area contributed by atoms with E-state index in [1.165, 1.54) is 12.1 Å². The first kappa shape index (κ1) is 15.5. The molecule has 0 saturated heterocycles. The Hall–Kier alpha value is -3.02. The highest BCUT2D eigenvalue weighted by Crippen LogP contribution is 2.22. The first-order chi connectivity index (χ1) is 12.2.